The van der Waals surface area contributed by atoms with Gasteiger partial charge in [-0.25, -0.2) is 15.0 Å². The second kappa shape index (κ2) is 19.4. The molecular weight excluding hydrogens is 1180 g/mol. The van der Waals surface area contributed by atoms with Gasteiger partial charge < -0.3 is 0 Å². The van der Waals surface area contributed by atoms with Gasteiger partial charge in [-0.15, -0.1) is 34.0 Å². The Morgan fingerprint density at radius 2 is 0.586 bits per heavy atom. The molecule has 0 atom stereocenters. The SMILES string of the molecule is c1ccc2sc(-n3c4ccccc4c4c5c(ccc43)sc3ccccc35)nc2c1.c1ccc2sc(-n3c4ccccc4c4c5sc6ccccc6c5ccc43)nc2c1.c1ccc2sc(-n3c4ccccc4c4ccc5sc6ccccc6c5c43)nc2c1. The fourth-order valence-electron chi connectivity index (χ4n) is 13.3. The monoisotopic (exact) mass is 1220 g/mol. The maximum atomic E-state index is 5.01. The van der Waals surface area contributed by atoms with Crippen molar-refractivity contribution in [3.8, 4) is 15.4 Å². The second-order valence-electron chi connectivity index (χ2n) is 21.7. The molecule has 12 heteroatoms. The lowest BCUT2D eigenvalue weighted by molar-refractivity contribution is 1.15. The molecule has 21 rings (SSSR count). The molecule has 0 amide bonds. The molecule has 9 aromatic heterocycles. The van der Waals surface area contributed by atoms with Gasteiger partial charge in [0.25, 0.3) is 0 Å². The average molecular weight is 1220 g/mol. The fourth-order valence-corrected chi connectivity index (χ4v) is 19.7. The molecule has 0 aliphatic carbocycles. The first kappa shape index (κ1) is 49.6. The molecule has 0 saturated heterocycles. The van der Waals surface area contributed by atoms with Crippen molar-refractivity contribution in [1.29, 1.82) is 0 Å². The number of rotatable bonds is 3. The van der Waals surface area contributed by atoms with Crippen molar-refractivity contribution in [3.05, 3.63) is 255 Å². The number of fused-ring (bicyclic) bond motifs is 24. The molecule has 12 aromatic carbocycles. The van der Waals surface area contributed by atoms with E-state index in [1.807, 2.05) is 34.0 Å². The van der Waals surface area contributed by atoms with Crippen molar-refractivity contribution in [1.82, 2.24) is 28.7 Å². The predicted molar refractivity (Wildman–Crippen MR) is 381 cm³/mol. The predicted octanol–water partition coefficient (Wildman–Crippen LogP) is 23.3. The number of para-hydroxylation sites is 6. The molecule has 0 spiro atoms. The van der Waals surface area contributed by atoms with Crippen LogP contribution in [0, 0.1) is 0 Å². The molecule has 21 aromatic rings. The zero-order chi connectivity index (χ0) is 56.8. The van der Waals surface area contributed by atoms with Gasteiger partial charge in [-0.05, 0) is 97.1 Å². The summed E-state index contributed by atoms with van der Waals surface area (Å²) in [6.45, 7) is 0. The average Bonchev–Trinajstić information content (AvgIpc) is 1.72. The van der Waals surface area contributed by atoms with Crippen LogP contribution in [0.3, 0.4) is 0 Å². The minimum absolute atomic E-state index is 1.02. The maximum Gasteiger partial charge on any atom is 0.195 e. The molecule has 6 nitrogen and oxygen atoms in total. The Hall–Kier alpha value is -9.63. The van der Waals surface area contributed by atoms with E-state index in [1.165, 1.54) is 140 Å². The largest absolute Gasteiger partial charge is 0.285 e. The molecule has 9 heterocycles. The summed E-state index contributed by atoms with van der Waals surface area (Å²) in [7, 11) is 0. The van der Waals surface area contributed by atoms with Gasteiger partial charge in [0.2, 0.25) is 0 Å². The van der Waals surface area contributed by atoms with Crippen LogP contribution < -0.4 is 0 Å². The van der Waals surface area contributed by atoms with E-state index in [0.717, 1.165) is 31.9 Å². The molecular formula is C75H42N6S6. The molecule has 0 aliphatic heterocycles. The van der Waals surface area contributed by atoms with Gasteiger partial charge >= 0.3 is 0 Å². The summed E-state index contributed by atoms with van der Waals surface area (Å²) in [5.74, 6) is 0. The van der Waals surface area contributed by atoms with Crippen molar-refractivity contribution >= 4 is 225 Å². The first-order chi connectivity index (χ1) is 43.1. The van der Waals surface area contributed by atoms with E-state index in [-0.39, 0.29) is 0 Å². The van der Waals surface area contributed by atoms with Crippen molar-refractivity contribution < 1.29 is 0 Å². The highest BCUT2D eigenvalue weighted by molar-refractivity contribution is 7.27. The summed E-state index contributed by atoms with van der Waals surface area (Å²) in [6, 6.07) is 91.0. The third-order valence-electron chi connectivity index (χ3n) is 17.0. The number of nitrogens with zero attached hydrogens (tertiary/aromatic N) is 6. The van der Waals surface area contributed by atoms with Gasteiger partial charge in [-0.1, -0.05) is 192 Å². The smallest absolute Gasteiger partial charge is 0.195 e. The van der Waals surface area contributed by atoms with E-state index in [1.54, 1.807) is 34.0 Å². The Morgan fingerprint density at radius 1 is 0.207 bits per heavy atom. The number of hydrogen-bond donors (Lipinski definition) is 0. The standard InChI is InChI=1S/3C25H14N2S2/c1-4-10-19-17(8-1)23-20(27(19)25-26-18-9-3-6-12-22(18)29-25)14-13-16-15-7-2-5-11-21(15)28-24(16)23;1-4-10-19-15(7-1)16-13-14-22-23(17-8-2-5-11-20(17)28-22)24(16)27(19)25-26-18-9-3-6-12-21(18)29-25;1-4-10-18-15(7-1)23-19(27(18)25-26-17-9-3-6-12-21(17)29-25)13-14-22-24(23)16-8-2-5-11-20(16)28-22/h3*1-14H. The molecule has 408 valence electrons. The first-order valence-corrected chi connectivity index (χ1v) is 33.6. The molecule has 0 N–H and O–H groups in total. The lowest BCUT2D eigenvalue weighted by Crippen LogP contribution is -1.92. The van der Waals surface area contributed by atoms with Crippen LogP contribution in [0.15, 0.2) is 255 Å². The second-order valence-corrected chi connectivity index (χ2v) is 28.0. The molecule has 87 heavy (non-hydrogen) atoms. The summed E-state index contributed by atoms with van der Waals surface area (Å²) in [5, 5.41) is 18.9. The van der Waals surface area contributed by atoms with Crippen molar-refractivity contribution in [2.45, 2.75) is 0 Å². The Bertz CT molecular complexity index is 6260. The van der Waals surface area contributed by atoms with Gasteiger partial charge in [-0.2, -0.15) is 0 Å². The Balaban J connectivity index is 0.0000000950. The van der Waals surface area contributed by atoms with Crippen LogP contribution >= 0.6 is 68.0 Å². The zero-order valence-electron chi connectivity index (χ0n) is 45.9. The molecule has 0 radical (unpaired) electrons. The topological polar surface area (TPSA) is 53.5 Å². The van der Waals surface area contributed by atoms with Crippen molar-refractivity contribution in [3.63, 3.8) is 0 Å². The Morgan fingerprint density at radius 3 is 1.15 bits per heavy atom. The van der Waals surface area contributed by atoms with E-state index in [9.17, 15) is 0 Å². The summed E-state index contributed by atoms with van der Waals surface area (Å²) < 4.78 is 18.7. The van der Waals surface area contributed by atoms with E-state index < -0.39 is 0 Å². The number of hydrogen-bond acceptors (Lipinski definition) is 9. The molecule has 0 unspecified atom stereocenters. The summed E-state index contributed by atoms with van der Waals surface area (Å²) in [6.07, 6.45) is 0. The highest BCUT2D eigenvalue weighted by Crippen LogP contribution is 2.48. The Kier molecular flexibility index (Phi) is 11.1. The Labute approximate surface area is 519 Å². The lowest BCUT2D eigenvalue weighted by atomic mass is 10.1. The van der Waals surface area contributed by atoms with Gasteiger partial charge in [0.15, 0.2) is 15.4 Å². The molecule has 0 saturated carbocycles. The van der Waals surface area contributed by atoms with Crippen LogP contribution in [0.5, 0.6) is 0 Å². The summed E-state index contributed by atoms with van der Waals surface area (Å²) >= 11 is 10.9. The van der Waals surface area contributed by atoms with Crippen molar-refractivity contribution in [2.24, 2.45) is 0 Å². The third kappa shape index (κ3) is 7.56. The highest BCUT2D eigenvalue weighted by atomic mass is 32.1. The molecule has 0 fully saturated rings. The zero-order valence-corrected chi connectivity index (χ0v) is 50.8. The van der Waals surface area contributed by atoms with Gasteiger partial charge in [0.1, 0.15) is 0 Å². The van der Waals surface area contributed by atoms with Crippen LogP contribution in [0.4, 0.5) is 0 Å². The van der Waals surface area contributed by atoms with E-state index in [0.29, 0.717) is 0 Å². The maximum absolute atomic E-state index is 5.01. The molecule has 0 bridgehead atoms. The van der Waals surface area contributed by atoms with E-state index in [4.69, 9.17) is 15.0 Å². The number of thiazole rings is 3. The molecule has 0 aliphatic rings. The van der Waals surface area contributed by atoms with E-state index in [2.05, 4.69) is 268 Å². The van der Waals surface area contributed by atoms with Crippen LogP contribution in [0.2, 0.25) is 0 Å². The van der Waals surface area contributed by atoms with Gasteiger partial charge in [-0.3, -0.25) is 13.7 Å². The minimum atomic E-state index is 1.02. The quantitative estimate of drug-likeness (QED) is 0.177. The number of thiophene rings is 3. The summed E-state index contributed by atoms with van der Waals surface area (Å²) in [4.78, 5) is 14.9. The summed E-state index contributed by atoms with van der Waals surface area (Å²) in [5.41, 5.74) is 10.5. The highest BCUT2D eigenvalue weighted by Gasteiger charge is 2.23. The van der Waals surface area contributed by atoms with Gasteiger partial charge in [0.05, 0.1) is 63.8 Å². The third-order valence-corrected chi connectivity index (χ3v) is 23.5. The minimum Gasteiger partial charge on any atom is -0.285 e. The normalized spacial score (nSPS) is 12.1. The van der Waals surface area contributed by atoms with Crippen LogP contribution in [0.25, 0.3) is 172 Å². The lowest BCUT2D eigenvalue weighted by Gasteiger charge is -2.04. The van der Waals surface area contributed by atoms with E-state index >= 15 is 0 Å². The van der Waals surface area contributed by atoms with Gasteiger partial charge in [0, 0.05) is 92.8 Å². The number of benzene rings is 12. The van der Waals surface area contributed by atoms with Crippen LogP contribution in [-0.2, 0) is 0 Å². The fraction of sp³-hybridized carbons (Fsp3) is 0. The van der Waals surface area contributed by atoms with Crippen molar-refractivity contribution in [2.75, 3.05) is 0 Å². The number of aromatic nitrogens is 6. The van der Waals surface area contributed by atoms with Crippen LogP contribution in [0.1, 0.15) is 0 Å². The van der Waals surface area contributed by atoms with Crippen LogP contribution in [-0.4, -0.2) is 28.7 Å². The first-order valence-electron chi connectivity index (χ1n) is 28.7.